The highest BCUT2D eigenvalue weighted by Crippen LogP contribution is 2.24. The van der Waals surface area contributed by atoms with Gasteiger partial charge in [-0.2, -0.15) is 4.98 Å². The van der Waals surface area contributed by atoms with Crippen LogP contribution in [0.5, 0.6) is 0 Å². The zero-order valence-corrected chi connectivity index (χ0v) is 15.8. The second-order valence-electron chi connectivity index (χ2n) is 6.72. The maximum atomic E-state index is 4.84. The number of hydrogen-bond donors (Lipinski definition) is 0. The van der Waals surface area contributed by atoms with Crippen molar-refractivity contribution >= 4 is 23.3 Å². The number of anilines is 4. The predicted molar refractivity (Wildman–Crippen MR) is 110 cm³/mol. The molecule has 138 valence electrons. The Bertz CT molecular complexity index is 876. The van der Waals surface area contributed by atoms with E-state index >= 15 is 0 Å². The monoisotopic (exact) mass is 360 g/mol. The van der Waals surface area contributed by atoms with Crippen molar-refractivity contribution in [2.24, 2.45) is 0 Å². The molecule has 6 nitrogen and oxygen atoms in total. The summed E-state index contributed by atoms with van der Waals surface area (Å²) in [5.41, 5.74) is 2.05. The summed E-state index contributed by atoms with van der Waals surface area (Å²) in [6.07, 6.45) is 1.85. The minimum atomic E-state index is 0.725. The first-order valence-corrected chi connectivity index (χ1v) is 9.26. The van der Waals surface area contributed by atoms with Gasteiger partial charge in [0.05, 0.1) is 0 Å². The van der Waals surface area contributed by atoms with E-state index in [4.69, 9.17) is 4.98 Å². The van der Waals surface area contributed by atoms with Crippen molar-refractivity contribution in [3.63, 3.8) is 0 Å². The Balaban J connectivity index is 1.51. The molecule has 0 spiro atoms. The van der Waals surface area contributed by atoms with Crippen LogP contribution in [-0.2, 0) is 0 Å². The Morgan fingerprint density at radius 1 is 0.815 bits per heavy atom. The van der Waals surface area contributed by atoms with Crippen molar-refractivity contribution in [1.29, 1.82) is 0 Å². The molecule has 0 N–H and O–H groups in total. The Morgan fingerprint density at radius 3 is 2.15 bits per heavy atom. The molecule has 4 rings (SSSR count). The van der Waals surface area contributed by atoms with E-state index in [1.54, 1.807) is 0 Å². The molecule has 1 saturated heterocycles. The van der Waals surface area contributed by atoms with Gasteiger partial charge in [0.1, 0.15) is 11.6 Å². The lowest BCUT2D eigenvalue weighted by Gasteiger charge is -2.36. The van der Waals surface area contributed by atoms with Gasteiger partial charge in [-0.15, -0.1) is 0 Å². The molecule has 1 aliphatic heterocycles. The van der Waals surface area contributed by atoms with Crippen LogP contribution in [0.4, 0.5) is 23.3 Å². The highest BCUT2D eigenvalue weighted by molar-refractivity contribution is 5.58. The molecular formula is C21H24N6. The first-order valence-electron chi connectivity index (χ1n) is 9.26. The molecule has 2 aromatic heterocycles. The molecule has 6 heteroatoms. The van der Waals surface area contributed by atoms with Crippen LogP contribution in [0.1, 0.15) is 5.69 Å². The molecule has 0 atom stereocenters. The van der Waals surface area contributed by atoms with Crippen molar-refractivity contribution in [2.45, 2.75) is 6.92 Å². The molecular weight excluding hydrogens is 336 g/mol. The Morgan fingerprint density at radius 2 is 1.48 bits per heavy atom. The summed E-state index contributed by atoms with van der Waals surface area (Å²) in [6, 6.07) is 18.3. The number of aromatic nitrogens is 3. The van der Waals surface area contributed by atoms with Crippen LogP contribution in [0, 0.1) is 6.92 Å². The van der Waals surface area contributed by atoms with E-state index in [1.807, 2.05) is 55.4 Å². The van der Waals surface area contributed by atoms with Crippen LogP contribution in [0.15, 0.2) is 60.8 Å². The van der Waals surface area contributed by atoms with Gasteiger partial charge < -0.3 is 14.7 Å². The van der Waals surface area contributed by atoms with E-state index in [0.29, 0.717) is 0 Å². The summed E-state index contributed by atoms with van der Waals surface area (Å²) in [4.78, 5) is 20.6. The van der Waals surface area contributed by atoms with Gasteiger partial charge in [-0.05, 0) is 31.2 Å². The maximum Gasteiger partial charge on any atom is 0.231 e. The third-order valence-corrected chi connectivity index (χ3v) is 4.85. The molecule has 0 radical (unpaired) electrons. The largest absolute Gasteiger partial charge is 0.353 e. The third kappa shape index (κ3) is 3.84. The van der Waals surface area contributed by atoms with Crippen LogP contribution >= 0.6 is 0 Å². The Labute approximate surface area is 160 Å². The maximum absolute atomic E-state index is 4.84. The summed E-state index contributed by atoms with van der Waals surface area (Å²) in [5, 5.41) is 0. The molecule has 0 unspecified atom stereocenters. The Hall–Kier alpha value is -3.15. The number of piperazine rings is 1. The van der Waals surface area contributed by atoms with Crippen molar-refractivity contribution in [2.75, 3.05) is 47.9 Å². The predicted octanol–water partition coefficient (Wildman–Crippen LogP) is 3.27. The summed E-state index contributed by atoms with van der Waals surface area (Å²) in [7, 11) is 2.01. The van der Waals surface area contributed by atoms with Crippen molar-refractivity contribution < 1.29 is 0 Å². The number of rotatable bonds is 4. The molecule has 27 heavy (non-hydrogen) atoms. The number of para-hydroxylation sites is 1. The smallest absolute Gasteiger partial charge is 0.231 e. The summed E-state index contributed by atoms with van der Waals surface area (Å²) >= 11 is 0. The number of pyridine rings is 1. The standard InChI is InChI=1S/C21H24N6/c1-17-16-20(24-21(23-17)25(2)18-8-4-3-5-9-18)27-14-12-26(13-15-27)19-10-6-7-11-22-19/h3-11,16H,12-15H2,1-2H3. The third-order valence-electron chi connectivity index (χ3n) is 4.85. The van der Waals surface area contributed by atoms with Crippen molar-refractivity contribution in [3.8, 4) is 0 Å². The molecule has 3 heterocycles. The molecule has 0 saturated carbocycles. The van der Waals surface area contributed by atoms with E-state index in [0.717, 1.165) is 55.1 Å². The van der Waals surface area contributed by atoms with Gasteiger partial charge in [0.15, 0.2) is 0 Å². The quantitative estimate of drug-likeness (QED) is 0.712. The molecule has 0 amide bonds. The lowest BCUT2D eigenvalue weighted by molar-refractivity contribution is 0.640. The second kappa shape index (κ2) is 7.61. The van der Waals surface area contributed by atoms with Gasteiger partial charge in [0.25, 0.3) is 0 Å². The van der Waals surface area contributed by atoms with Crippen LogP contribution in [0.2, 0.25) is 0 Å². The summed E-state index contributed by atoms with van der Waals surface area (Å²) in [5.74, 6) is 2.75. The van der Waals surface area contributed by atoms with Gasteiger partial charge in [-0.25, -0.2) is 9.97 Å². The fourth-order valence-corrected chi connectivity index (χ4v) is 3.32. The highest BCUT2D eigenvalue weighted by atomic mass is 15.3. The number of nitrogens with zero attached hydrogens (tertiary/aromatic N) is 6. The molecule has 0 bridgehead atoms. The molecule has 1 aromatic carbocycles. The lowest BCUT2D eigenvalue weighted by atomic mass is 10.3. The number of hydrogen-bond acceptors (Lipinski definition) is 6. The molecule has 1 fully saturated rings. The first-order chi connectivity index (χ1) is 13.2. The van der Waals surface area contributed by atoms with Crippen molar-refractivity contribution in [3.05, 3.63) is 66.5 Å². The zero-order chi connectivity index (χ0) is 18.6. The normalized spacial score (nSPS) is 14.3. The first kappa shape index (κ1) is 17.3. The van der Waals surface area contributed by atoms with Crippen LogP contribution in [0.3, 0.4) is 0 Å². The fourth-order valence-electron chi connectivity index (χ4n) is 3.32. The van der Waals surface area contributed by atoms with Crippen LogP contribution in [-0.4, -0.2) is 48.2 Å². The zero-order valence-electron chi connectivity index (χ0n) is 15.8. The van der Waals surface area contributed by atoms with E-state index < -0.39 is 0 Å². The van der Waals surface area contributed by atoms with Gasteiger partial charge in [-0.3, -0.25) is 0 Å². The van der Waals surface area contributed by atoms with E-state index in [2.05, 4.69) is 44.0 Å². The lowest BCUT2D eigenvalue weighted by Crippen LogP contribution is -2.47. The van der Waals surface area contributed by atoms with E-state index in [9.17, 15) is 0 Å². The minimum absolute atomic E-state index is 0.725. The molecule has 1 aliphatic rings. The topological polar surface area (TPSA) is 48.4 Å². The number of aryl methyl sites for hydroxylation is 1. The molecule has 3 aromatic rings. The minimum Gasteiger partial charge on any atom is -0.353 e. The SMILES string of the molecule is Cc1cc(N2CCN(c3ccccn3)CC2)nc(N(C)c2ccccc2)n1. The second-order valence-corrected chi connectivity index (χ2v) is 6.72. The Kier molecular flexibility index (Phi) is 4.87. The molecule has 0 aliphatic carbocycles. The van der Waals surface area contributed by atoms with Crippen molar-refractivity contribution in [1.82, 2.24) is 15.0 Å². The summed E-state index contributed by atoms with van der Waals surface area (Å²) in [6.45, 7) is 5.73. The van der Waals surface area contributed by atoms with Gasteiger partial charge in [0.2, 0.25) is 5.95 Å². The average Bonchev–Trinajstić information content (AvgIpc) is 2.74. The van der Waals surface area contributed by atoms with E-state index in [-0.39, 0.29) is 0 Å². The van der Waals surface area contributed by atoms with Gasteiger partial charge in [0, 0.05) is 56.9 Å². The number of benzene rings is 1. The van der Waals surface area contributed by atoms with Crippen LogP contribution < -0.4 is 14.7 Å². The summed E-state index contributed by atoms with van der Waals surface area (Å²) < 4.78 is 0. The van der Waals surface area contributed by atoms with Gasteiger partial charge in [-0.1, -0.05) is 24.3 Å². The fraction of sp³-hybridized carbons (Fsp3) is 0.286. The highest BCUT2D eigenvalue weighted by Gasteiger charge is 2.20. The van der Waals surface area contributed by atoms with Gasteiger partial charge >= 0.3 is 0 Å². The average molecular weight is 360 g/mol. The van der Waals surface area contributed by atoms with E-state index in [1.165, 1.54) is 0 Å². The van der Waals surface area contributed by atoms with Crippen LogP contribution in [0.25, 0.3) is 0 Å².